The fraction of sp³-hybridized carbons (Fsp3) is 1.00. The highest BCUT2D eigenvalue weighted by Gasteiger charge is 1.89. The van der Waals surface area contributed by atoms with Crippen LogP contribution in [0.15, 0.2) is 0 Å². The molecule has 0 bridgehead atoms. The van der Waals surface area contributed by atoms with Crippen LogP contribution in [0.1, 0.15) is 19.3 Å². The molecule has 0 spiro atoms. The third-order valence-corrected chi connectivity index (χ3v) is 2.65. The fourth-order valence-corrected chi connectivity index (χ4v) is 1.81. The van der Waals surface area contributed by atoms with Gasteiger partial charge >= 0.3 is 0 Å². The standard InChI is InChI=1S/C8H17ClOS/c1-10-6-8-11-7-4-2-3-5-9/h2-8H2,1H3. The van der Waals surface area contributed by atoms with Crippen molar-refractivity contribution >= 4 is 23.4 Å². The van der Waals surface area contributed by atoms with Gasteiger partial charge in [-0.3, -0.25) is 0 Å². The number of methoxy groups -OCH3 is 1. The lowest BCUT2D eigenvalue weighted by molar-refractivity contribution is 0.218. The van der Waals surface area contributed by atoms with Gasteiger partial charge in [0.2, 0.25) is 0 Å². The van der Waals surface area contributed by atoms with Gasteiger partial charge in [0.25, 0.3) is 0 Å². The summed E-state index contributed by atoms with van der Waals surface area (Å²) in [5.41, 5.74) is 0. The summed E-state index contributed by atoms with van der Waals surface area (Å²) in [6.07, 6.45) is 3.72. The highest BCUT2D eigenvalue weighted by Crippen LogP contribution is 2.06. The van der Waals surface area contributed by atoms with Crippen molar-refractivity contribution in [3.8, 4) is 0 Å². The molecule has 0 aromatic heterocycles. The zero-order valence-electron chi connectivity index (χ0n) is 7.14. The Hall–Kier alpha value is 0.600. The third-order valence-electron chi connectivity index (χ3n) is 1.35. The Labute approximate surface area is 78.8 Å². The van der Waals surface area contributed by atoms with E-state index in [-0.39, 0.29) is 0 Å². The van der Waals surface area contributed by atoms with E-state index in [1.54, 1.807) is 7.11 Å². The van der Waals surface area contributed by atoms with Crippen molar-refractivity contribution in [3.05, 3.63) is 0 Å². The molecule has 0 saturated heterocycles. The lowest BCUT2D eigenvalue weighted by atomic mass is 10.3. The smallest absolute Gasteiger partial charge is 0.0552 e. The van der Waals surface area contributed by atoms with Crippen LogP contribution in [0.4, 0.5) is 0 Å². The highest BCUT2D eigenvalue weighted by atomic mass is 35.5. The molecule has 0 amide bonds. The normalized spacial score (nSPS) is 10.4. The largest absolute Gasteiger partial charge is 0.384 e. The molecule has 0 fully saturated rings. The van der Waals surface area contributed by atoms with Crippen molar-refractivity contribution < 1.29 is 4.74 Å². The number of halogens is 1. The van der Waals surface area contributed by atoms with Gasteiger partial charge in [-0.15, -0.1) is 11.6 Å². The molecule has 0 aliphatic heterocycles. The number of unbranched alkanes of at least 4 members (excludes halogenated alkanes) is 2. The Morgan fingerprint density at radius 1 is 1.18 bits per heavy atom. The first-order valence-electron chi connectivity index (χ1n) is 4.04. The third kappa shape index (κ3) is 10.6. The van der Waals surface area contributed by atoms with Crippen LogP contribution in [0, 0.1) is 0 Å². The van der Waals surface area contributed by atoms with E-state index in [1.807, 2.05) is 11.8 Å². The van der Waals surface area contributed by atoms with Crippen LogP contribution >= 0.6 is 23.4 Å². The van der Waals surface area contributed by atoms with E-state index in [2.05, 4.69) is 0 Å². The van der Waals surface area contributed by atoms with Gasteiger partial charge in [0.05, 0.1) is 6.61 Å². The monoisotopic (exact) mass is 196 g/mol. The summed E-state index contributed by atoms with van der Waals surface area (Å²) in [4.78, 5) is 0. The van der Waals surface area contributed by atoms with Crippen LogP contribution in [0.3, 0.4) is 0 Å². The lowest BCUT2D eigenvalue weighted by Gasteiger charge is -1.99. The Morgan fingerprint density at radius 2 is 2.00 bits per heavy atom. The maximum Gasteiger partial charge on any atom is 0.0552 e. The van der Waals surface area contributed by atoms with Crippen LogP contribution in [0.5, 0.6) is 0 Å². The molecule has 0 aliphatic carbocycles. The van der Waals surface area contributed by atoms with Crippen LogP contribution in [-0.4, -0.2) is 31.1 Å². The Morgan fingerprint density at radius 3 is 2.64 bits per heavy atom. The maximum absolute atomic E-state index is 5.54. The zero-order chi connectivity index (χ0) is 8.36. The topological polar surface area (TPSA) is 9.23 Å². The minimum absolute atomic E-state index is 0.808. The summed E-state index contributed by atoms with van der Waals surface area (Å²) < 4.78 is 4.93. The van der Waals surface area contributed by atoms with Gasteiger partial charge in [0.15, 0.2) is 0 Å². The van der Waals surface area contributed by atoms with Crippen molar-refractivity contribution in [2.75, 3.05) is 31.1 Å². The van der Waals surface area contributed by atoms with Crippen molar-refractivity contribution in [3.63, 3.8) is 0 Å². The van der Waals surface area contributed by atoms with Crippen LogP contribution in [0.2, 0.25) is 0 Å². The predicted molar refractivity (Wildman–Crippen MR) is 53.8 cm³/mol. The van der Waals surface area contributed by atoms with E-state index < -0.39 is 0 Å². The predicted octanol–water partition coefficient (Wildman–Crippen LogP) is 2.78. The molecule has 0 heterocycles. The van der Waals surface area contributed by atoms with E-state index >= 15 is 0 Å². The molecule has 3 heteroatoms. The van der Waals surface area contributed by atoms with E-state index in [9.17, 15) is 0 Å². The molecule has 68 valence electrons. The van der Waals surface area contributed by atoms with E-state index in [4.69, 9.17) is 16.3 Å². The van der Waals surface area contributed by atoms with Gasteiger partial charge < -0.3 is 4.74 Å². The second kappa shape index (κ2) is 10.6. The number of rotatable bonds is 8. The molecule has 0 radical (unpaired) electrons. The van der Waals surface area contributed by atoms with Gasteiger partial charge in [-0.25, -0.2) is 0 Å². The second-order valence-electron chi connectivity index (χ2n) is 2.35. The average Bonchev–Trinajstić information content (AvgIpc) is 2.03. The van der Waals surface area contributed by atoms with Crippen LogP contribution in [0.25, 0.3) is 0 Å². The Balaban J connectivity index is 2.69. The summed E-state index contributed by atoms with van der Waals surface area (Å²) in [6.45, 7) is 0.875. The van der Waals surface area contributed by atoms with Gasteiger partial charge in [0.1, 0.15) is 0 Å². The van der Waals surface area contributed by atoms with Crippen molar-refractivity contribution in [2.24, 2.45) is 0 Å². The molecule has 0 aromatic rings. The first kappa shape index (κ1) is 11.6. The van der Waals surface area contributed by atoms with Gasteiger partial charge in [0, 0.05) is 18.7 Å². The number of hydrogen-bond donors (Lipinski definition) is 0. The minimum Gasteiger partial charge on any atom is -0.384 e. The summed E-state index contributed by atoms with van der Waals surface area (Å²) in [5, 5.41) is 0. The summed E-state index contributed by atoms with van der Waals surface area (Å²) in [6, 6.07) is 0. The zero-order valence-corrected chi connectivity index (χ0v) is 8.72. The van der Waals surface area contributed by atoms with E-state index in [0.29, 0.717) is 0 Å². The molecule has 0 atom stereocenters. The first-order chi connectivity index (χ1) is 5.41. The van der Waals surface area contributed by atoms with Gasteiger partial charge in [-0.2, -0.15) is 11.8 Å². The molecule has 0 rings (SSSR count). The molecular formula is C8H17ClOS. The first-order valence-corrected chi connectivity index (χ1v) is 5.73. The van der Waals surface area contributed by atoms with Crippen molar-refractivity contribution in [1.82, 2.24) is 0 Å². The number of alkyl halides is 1. The summed E-state index contributed by atoms with van der Waals surface area (Å²) in [7, 11) is 1.74. The maximum atomic E-state index is 5.54. The molecule has 11 heavy (non-hydrogen) atoms. The number of thioether (sulfide) groups is 1. The lowest BCUT2D eigenvalue weighted by Crippen LogP contribution is -1.92. The van der Waals surface area contributed by atoms with Crippen LogP contribution < -0.4 is 0 Å². The molecule has 1 nitrogen and oxygen atoms in total. The minimum atomic E-state index is 0.808. The second-order valence-corrected chi connectivity index (χ2v) is 3.96. The number of hydrogen-bond acceptors (Lipinski definition) is 2. The highest BCUT2D eigenvalue weighted by molar-refractivity contribution is 7.99. The van der Waals surface area contributed by atoms with E-state index in [1.165, 1.54) is 18.6 Å². The van der Waals surface area contributed by atoms with Crippen molar-refractivity contribution in [2.45, 2.75) is 19.3 Å². The molecule has 0 aliphatic rings. The number of ether oxygens (including phenoxy) is 1. The fourth-order valence-electron chi connectivity index (χ4n) is 0.720. The van der Waals surface area contributed by atoms with Crippen molar-refractivity contribution in [1.29, 1.82) is 0 Å². The molecule has 0 saturated carbocycles. The Bertz CT molecular complexity index is 63.1. The van der Waals surface area contributed by atoms with E-state index in [0.717, 1.165) is 24.7 Å². The summed E-state index contributed by atoms with van der Waals surface area (Å²) >= 11 is 7.50. The molecule has 0 aromatic carbocycles. The SMILES string of the molecule is COCCSCCCCCCl. The average molecular weight is 197 g/mol. The Kier molecular flexibility index (Phi) is 11.2. The molecule has 0 unspecified atom stereocenters. The molecule has 0 N–H and O–H groups in total. The van der Waals surface area contributed by atoms with Gasteiger partial charge in [-0.05, 0) is 18.6 Å². The molecular weight excluding hydrogens is 180 g/mol. The van der Waals surface area contributed by atoms with Crippen LogP contribution in [-0.2, 0) is 4.74 Å². The van der Waals surface area contributed by atoms with Gasteiger partial charge in [-0.1, -0.05) is 6.42 Å². The summed E-state index contributed by atoms with van der Waals surface area (Å²) in [5.74, 6) is 3.18. The quantitative estimate of drug-likeness (QED) is 0.436.